The van der Waals surface area contributed by atoms with E-state index < -0.39 is 0 Å². The lowest BCUT2D eigenvalue weighted by Crippen LogP contribution is -2.25. The number of hydrogen-bond acceptors (Lipinski definition) is 5. The molecule has 3 aromatic rings. The number of nitrogens with one attached hydrogen (secondary N) is 3. The Labute approximate surface area is 119 Å². The first-order chi connectivity index (χ1) is 10.3. The van der Waals surface area contributed by atoms with Crippen LogP contribution in [0.15, 0.2) is 18.5 Å². The van der Waals surface area contributed by atoms with E-state index in [-0.39, 0.29) is 11.8 Å². The minimum absolute atomic E-state index is 0.0745. The fraction of sp³-hybridized carbons (Fsp3) is 0.308. The number of H-pyrrole nitrogens is 2. The van der Waals surface area contributed by atoms with Crippen molar-refractivity contribution in [2.24, 2.45) is 0 Å². The third-order valence-corrected chi connectivity index (χ3v) is 3.76. The number of pyridine rings is 1. The molecule has 8 nitrogen and oxygen atoms in total. The Morgan fingerprint density at radius 2 is 2.29 bits per heavy atom. The minimum Gasteiger partial charge on any atom is -0.324 e. The molecule has 3 heterocycles. The van der Waals surface area contributed by atoms with Crippen LogP contribution in [0.2, 0.25) is 0 Å². The van der Waals surface area contributed by atoms with Crippen LogP contribution in [0.1, 0.15) is 30.1 Å². The van der Waals surface area contributed by atoms with Gasteiger partial charge in [0, 0.05) is 5.39 Å². The Bertz CT molecular complexity index is 806. The number of amides is 1. The molecule has 0 radical (unpaired) electrons. The van der Waals surface area contributed by atoms with Crippen LogP contribution in [0.5, 0.6) is 0 Å². The molecule has 0 bridgehead atoms. The highest BCUT2D eigenvalue weighted by Gasteiger charge is 2.29. The number of carbonyl (C=O) groups excluding carboxylic acids is 1. The van der Waals surface area contributed by atoms with Crippen molar-refractivity contribution in [2.75, 3.05) is 5.32 Å². The first-order valence-corrected chi connectivity index (χ1v) is 6.81. The molecule has 21 heavy (non-hydrogen) atoms. The van der Waals surface area contributed by atoms with Crippen molar-refractivity contribution in [3.8, 4) is 0 Å². The van der Waals surface area contributed by atoms with Crippen molar-refractivity contribution in [1.82, 2.24) is 30.6 Å². The van der Waals surface area contributed by atoms with Crippen LogP contribution in [0.3, 0.4) is 0 Å². The standard InChI is InChI=1S/C13H13N7O/c21-13(9-2-1-3-10-11(9)18-20-17-10)16-8-4-7-5-15-19-12(7)14-6-8/h4-6,9H,1-3H2,(H,16,21)(H,14,15,19)(H,17,18,20). The van der Waals surface area contributed by atoms with Gasteiger partial charge in [-0.05, 0) is 25.3 Å². The van der Waals surface area contributed by atoms with Gasteiger partial charge in [-0.3, -0.25) is 9.89 Å². The molecule has 0 saturated heterocycles. The van der Waals surface area contributed by atoms with Crippen LogP contribution in [0.25, 0.3) is 11.0 Å². The van der Waals surface area contributed by atoms with Crippen molar-refractivity contribution in [3.05, 3.63) is 29.8 Å². The molecular formula is C13H13N7O. The van der Waals surface area contributed by atoms with Crippen LogP contribution in [0, 0.1) is 0 Å². The van der Waals surface area contributed by atoms with Gasteiger partial charge in [0.15, 0.2) is 5.65 Å². The quantitative estimate of drug-likeness (QED) is 0.652. The second kappa shape index (κ2) is 4.65. The second-order valence-corrected chi connectivity index (χ2v) is 5.12. The summed E-state index contributed by atoms with van der Waals surface area (Å²) in [5.41, 5.74) is 3.01. The first kappa shape index (κ1) is 12.0. The van der Waals surface area contributed by atoms with E-state index in [1.54, 1.807) is 12.4 Å². The maximum atomic E-state index is 12.5. The van der Waals surface area contributed by atoms with Crippen LogP contribution >= 0.6 is 0 Å². The predicted octanol–water partition coefficient (Wildman–Crippen LogP) is 1.13. The highest BCUT2D eigenvalue weighted by Crippen LogP contribution is 2.29. The molecule has 3 N–H and O–H groups in total. The van der Waals surface area contributed by atoms with E-state index >= 15 is 0 Å². The summed E-state index contributed by atoms with van der Waals surface area (Å²) >= 11 is 0. The van der Waals surface area contributed by atoms with Gasteiger partial charge in [0.2, 0.25) is 5.91 Å². The summed E-state index contributed by atoms with van der Waals surface area (Å²) < 4.78 is 0. The molecule has 1 amide bonds. The molecule has 0 spiro atoms. The summed E-state index contributed by atoms with van der Waals surface area (Å²) in [7, 11) is 0. The van der Waals surface area contributed by atoms with E-state index in [0.29, 0.717) is 11.3 Å². The van der Waals surface area contributed by atoms with Crippen molar-refractivity contribution >= 4 is 22.6 Å². The lowest BCUT2D eigenvalue weighted by Gasteiger charge is -2.19. The molecule has 0 aliphatic heterocycles. The lowest BCUT2D eigenvalue weighted by molar-refractivity contribution is -0.118. The maximum absolute atomic E-state index is 12.5. The monoisotopic (exact) mass is 283 g/mol. The number of aryl methyl sites for hydroxylation is 1. The summed E-state index contributed by atoms with van der Waals surface area (Å²) in [6, 6.07) is 1.84. The molecule has 4 rings (SSSR count). The number of rotatable bonds is 2. The molecule has 0 aromatic carbocycles. The number of fused-ring (bicyclic) bond motifs is 2. The number of carbonyl (C=O) groups is 1. The number of nitrogens with zero attached hydrogens (tertiary/aromatic N) is 4. The average molecular weight is 283 g/mol. The van der Waals surface area contributed by atoms with E-state index in [4.69, 9.17) is 0 Å². The molecule has 1 aliphatic carbocycles. The maximum Gasteiger partial charge on any atom is 0.233 e. The zero-order valence-electron chi connectivity index (χ0n) is 11.1. The number of hydrogen-bond donors (Lipinski definition) is 3. The summed E-state index contributed by atoms with van der Waals surface area (Å²) in [4.78, 5) is 16.7. The van der Waals surface area contributed by atoms with E-state index in [1.807, 2.05) is 6.07 Å². The first-order valence-electron chi connectivity index (χ1n) is 6.81. The van der Waals surface area contributed by atoms with Gasteiger partial charge >= 0.3 is 0 Å². The number of anilines is 1. The Morgan fingerprint density at radius 3 is 3.24 bits per heavy atom. The van der Waals surface area contributed by atoms with E-state index in [1.165, 1.54) is 0 Å². The van der Waals surface area contributed by atoms with Crippen molar-refractivity contribution in [3.63, 3.8) is 0 Å². The zero-order valence-corrected chi connectivity index (χ0v) is 11.1. The summed E-state index contributed by atoms with van der Waals surface area (Å²) in [5, 5.41) is 21.3. The van der Waals surface area contributed by atoms with Crippen molar-refractivity contribution in [2.45, 2.75) is 25.2 Å². The Morgan fingerprint density at radius 1 is 1.33 bits per heavy atom. The smallest absolute Gasteiger partial charge is 0.233 e. The highest BCUT2D eigenvalue weighted by atomic mass is 16.1. The fourth-order valence-electron chi connectivity index (χ4n) is 2.72. The van der Waals surface area contributed by atoms with Gasteiger partial charge in [0.05, 0.1) is 35.4 Å². The number of aromatic nitrogens is 6. The molecular weight excluding hydrogens is 270 g/mol. The summed E-state index contributed by atoms with van der Waals surface area (Å²) in [6.07, 6.45) is 5.89. The van der Waals surface area contributed by atoms with Crippen molar-refractivity contribution in [1.29, 1.82) is 0 Å². The van der Waals surface area contributed by atoms with E-state index in [2.05, 4.69) is 35.9 Å². The largest absolute Gasteiger partial charge is 0.324 e. The van der Waals surface area contributed by atoms with Gasteiger partial charge in [0.25, 0.3) is 0 Å². The van der Waals surface area contributed by atoms with Gasteiger partial charge in [-0.1, -0.05) is 0 Å². The van der Waals surface area contributed by atoms with Gasteiger partial charge in [-0.25, -0.2) is 4.98 Å². The Kier molecular flexibility index (Phi) is 2.66. The molecule has 1 unspecified atom stereocenters. The summed E-state index contributed by atoms with van der Waals surface area (Å²) in [5.74, 6) is -0.331. The van der Waals surface area contributed by atoms with E-state index in [0.717, 1.165) is 36.0 Å². The molecule has 3 aromatic heterocycles. The summed E-state index contributed by atoms with van der Waals surface area (Å²) in [6.45, 7) is 0. The Hall–Kier alpha value is -2.77. The molecule has 1 aliphatic rings. The third-order valence-electron chi connectivity index (χ3n) is 3.76. The molecule has 0 fully saturated rings. The highest BCUT2D eigenvalue weighted by molar-refractivity contribution is 5.96. The molecule has 1 atom stereocenters. The molecule has 106 valence electrons. The average Bonchev–Trinajstić information content (AvgIpc) is 3.14. The minimum atomic E-state index is -0.257. The van der Waals surface area contributed by atoms with Crippen LogP contribution in [-0.4, -0.2) is 36.5 Å². The zero-order chi connectivity index (χ0) is 14.2. The van der Waals surface area contributed by atoms with Crippen LogP contribution in [0.4, 0.5) is 5.69 Å². The van der Waals surface area contributed by atoms with E-state index in [9.17, 15) is 4.79 Å². The SMILES string of the molecule is O=C(Nc1cnc2[nH]ncc2c1)C1CCCc2n[nH]nc21. The van der Waals surface area contributed by atoms with Crippen molar-refractivity contribution < 1.29 is 4.79 Å². The number of aromatic amines is 2. The topological polar surface area (TPSA) is 112 Å². The van der Waals surface area contributed by atoms with Crippen LogP contribution in [-0.2, 0) is 11.2 Å². The normalized spacial score (nSPS) is 17.6. The predicted molar refractivity (Wildman–Crippen MR) is 74.6 cm³/mol. The van der Waals surface area contributed by atoms with Gasteiger partial charge < -0.3 is 5.32 Å². The Balaban J connectivity index is 1.58. The van der Waals surface area contributed by atoms with Gasteiger partial charge in [-0.15, -0.1) is 0 Å². The molecule has 0 saturated carbocycles. The van der Waals surface area contributed by atoms with Gasteiger partial charge in [0.1, 0.15) is 0 Å². The molecule has 8 heteroatoms. The fourth-order valence-corrected chi connectivity index (χ4v) is 2.72. The third kappa shape index (κ3) is 2.04. The van der Waals surface area contributed by atoms with Crippen LogP contribution < -0.4 is 5.32 Å². The second-order valence-electron chi connectivity index (χ2n) is 5.12. The lowest BCUT2D eigenvalue weighted by atomic mass is 9.89. The van der Waals surface area contributed by atoms with Gasteiger partial charge in [-0.2, -0.15) is 20.5 Å².